The molecule has 2 aliphatic rings. The van der Waals surface area contributed by atoms with Crippen LogP contribution in [0.4, 0.5) is 0 Å². The maximum Gasteiger partial charge on any atom is 0.107 e. The molecular formula is C15H25N3S. The lowest BCUT2D eigenvalue weighted by Gasteiger charge is -2.27. The van der Waals surface area contributed by atoms with E-state index in [-0.39, 0.29) is 5.41 Å². The predicted molar refractivity (Wildman–Crippen MR) is 80.7 cm³/mol. The maximum atomic E-state index is 4.66. The monoisotopic (exact) mass is 279 g/mol. The minimum atomic E-state index is 0.231. The molecule has 0 amide bonds. The normalized spacial score (nSPS) is 24.3. The molecule has 106 valence electrons. The van der Waals surface area contributed by atoms with Gasteiger partial charge in [-0.05, 0) is 31.2 Å². The lowest BCUT2D eigenvalue weighted by atomic mass is 9.96. The molecule has 0 radical (unpaired) electrons. The van der Waals surface area contributed by atoms with E-state index in [0.29, 0.717) is 0 Å². The van der Waals surface area contributed by atoms with Crippen molar-refractivity contribution in [2.75, 3.05) is 13.1 Å². The molecule has 1 aliphatic heterocycles. The minimum Gasteiger partial charge on any atom is -0.315 e. The van der Waals surface area contributed by atoms with Gasteiger partial charge in [0.15, 0.2) is 0 Å². The van der Waals surface area contributed by atoms with Gasteiger partial charge in [-0.25, -0.2) is 4.98 Å². The summed E-state index contributed by atoms with van der Waals surface area (Å²) in [5.41, 5.74) is 0.231. The topological polar surface area (TPSA) is 28.2 Å². The van der Waals surface area contributed by atoms with Crippen molar-refractivity contribution in [3.63, 3.8) is 0 Å². The molecule has 2 fully saturated rings. The van der Waals surface area contributed by atoms with Gasteiger partial charge in [0.25, 0.3) is 0 Å². The number of nitrogens with one attached hydrogen (secondary N) is 1. The van der Waals surface area contributed by atoms with Gasteiger partial charge in [0.1, 0.15) is 5.01 Å². The molecule has 1 aromatic rings. The van der Waals surface area contributed by atoms with Crippen LogP contribution in [0.25, 0.3) is 0 Å². The van der Waals surface area contributed by atoms with Gasteiger partial charge in [0.05, 0.1) is 6.54 Å². The second-order valence-corrected chi connectivity index (χ2v) is 8.03. The summed E-state index contributed by atoms with van der Waals surface area (Å²) in [5.74, 6) is 0. The maximum absolute atomic E-state index is 4.66. The molecule has 3 nitrogen and oxygen atoms in total. The van der Waals surface area contributed by atoms with Crippen LogP contribution in [0.2, 0.25) is 0 Å². The first kappa shape index (κ1) is 13.5. The molecule has 0 bridgehead atoms. The standard InChI is InChI=1S/C15H25N3S/c1-15(2,3)13-9-17-14(19-13)10-18(11-4-5-11)12-6-7-16-8-12/h9,11-12,16H,4-8,10H2,1-3H3. The van der Waals surface area contributed by atoms with Crippen LogP contribution in [-0.2, 0) is 12.0 Å². The summed E-state index contributed by atoms with van der Waals surface area (Å²) < 4.78 is 0. The van der Waals surface area contributed by atoms with Gasteiger partial charge >= 0.3 is 0 Å². The first-order chi connectivity index (χ1) is 9.04. The summed E-state index contributed by atoms with van der Waals surface area (Å²) >= 11 is 1.90. The quantitative estimate of drug-likeness (QED) is 0.918. The average molecular weight is 279 g/mol. The van der Waals surface area contributed by atoms with E-state index in [1.807, 2.05) is 11.3 Å². The van der Waals surface area contributed by atoms with E-state index in [1.165, 1.54) is 35.7 Å². The van der Waals surface area contributed by atoms with E-state index in [9.17, 15) is 0 Å². The van der Waals surface area contributed by atoms with E-state index in [4.69, 9.17) is 0 Å². The highest BCUT2D eigenvalue weighted by Gasteiger charge is 2.35. The number of aromatic nitrogens is 1. The Balaban J connectivity index is 1.69. The Morgan fingerprint density at radius 1 is 1.32 bits per heavy atom. The molecule has 0 aromatic carbocycles. The Kier molecular flexibility index (Phi) is 3.67. The zero-order valence-electron chi connectivity index (χ0n) is 12.3. The lowest BCUT2D eigenvalue weighted by Crippen LogP contribution is -2.38. The summed E-state index contributed by atoms with van der Waals surface area (Å²) in [7, 11) is 0. The van der Waals surface area contributed by atoms with Crippen LogP contribution in [0, 0.1) is 0 Å². The summed E-state index contributed by atoms with van der Waals surface area (Å²) in [6.07, 6.45) is 6.15. The molecule has 1 saturated carbocycles. The molecule has 1 aromatic heterocycles. The summed E-state index contributed by atoms with van der Waals surface area (Å²) in [4.78, 5) is 8.77. The van der Waals surface area contributed by atoms with Crippen LogP contribution < -0.4 is 5.32 Å². The second-order valence-electron chi connectivity index (χ2n) is 6.92. The predicted octanol–water partition coefficient (Wildman–Crippen LogP) is 2.77. The SMILES string of the molecule is CC(C)(C)c1cnc(CN(C2CC2)C2CCNC2)s1. The lowest BCUT2D eigenvalue weighted by molar-refractivity contribution is 0.188. The van der Waals surface area contributed by atoms with Gasteiger partial charge in [-0.1, -0.05) is 20.8 Å². The van der Waals surface area contributed by atoms with Crippen molar-refractivity contribution in [2.45, 2.75) is 64.1 Å². The van der Waals surface area contributed by atoms with Gasteiger partial charge in [0, 0.05) is 29.7 Å². The number of thiazole rings is 1. The summed E-state index contributed by atoms with van der Waals surface area (Å²) in [6, 6.07) is 1.56. The third-order valence-electron chi connectivity index (χ3n) is 4.13. The van der Waals surface area contributed by atoms with Gasteiger partial charge in [0.2, 0.25) is 0 Å². The number of rotatable bonds is 4. The molecule has 1 N–H and O–H groups in total. The van der Waals surface area contributed by atoms with Crippen LogP contribution in [0.15, 0.2) is 6.20 Å². The fraction of sp³-hybridized carbons (Fsp3) is 0.800. The highest BCUT2D eigenvalue weighted by molar-refractivity contribution is 7.11. The second kappa shape index (κ2) is 5.15. The van der Waals surface area contributed by atoms with Crippen molar-refractivity contribution < 1.29 is 0 Å². The van der Waals surface area contributed by atoms with Crippen LogP contribution in [0.1, 0.15) is 49.9 Å². The van der Waals surface area contributed by atoms with E-state index >= 15 is 0 Å². The molecule has 1 unspecified atom stereocenters. The van der Waals surface area contributed by atoms with E-state index in [2.05, 4.69) is 42.2 Å². The highest BCUT2D eigenvalue weighted by atomic mass is 32.1. The summed E-state index contributed by atoms with van der Waals surface area (Å²) in [6.45, 7) is 10.2. The van der Waals surface area contributed by atoms with Crippen molar-refractivity contribution in [1.29, 1.82) is 0 Å². The molecule has 3 rings (SSSR count). The van der Waals surface area contributed by atoms with Crippen molar-refractivity contribution in [3.05, 3.63) is 16.1 Å². The molecule has 0 spiro atoms. The fourth-order valence-corrected chi connectivity index (χ4v) is 3.76. The van der Waals surface area contributed by atoms with Gasteiger partial charge < -0.3 is 5.32 Å². The van der Waals surface area contributed by atoms with Crippen LogP contribution >= 0.6 is 11.3 Å². The first-order valence-electron chi connectivity index (χ1n) is 7.46. The van der Waals surface area contributed by atoms with Gasteiger partial charge in [-0.2, -0.15) is 0 Å². The molecule has 1 saturated heterocycles. The summed E-state index contributed by atoms with van der Waals surface area (Å²) in [5, 5.41) is 4.79. The third kappa shape index (κ3) is 3.18. The largest absolute Gasteiger partial charge is 0.315 e. The van der Waals surface area contributed by atoms with Crippen LogP contribution in [-0.4, -0.2) is 35.1 Å². The van der Waals surface area contributed by atoms with Crippen molar-refractivity contribution >= 4 is 11.3 Å². The number of hydrogen-bond donors (Lipinski definition) is 1. The molecular weight excluding hydrogens is 254 g/mol. The molecule has 2 heterocycles. The Morgan fingerprint density at radius 3 is 2.63 bits per heavy atom. The smallest absolute Gasteiger partial charge is 0.107 e. The minimum absolute atomic E-state index is 0.231. The highest BCUT2D eigenvalue weighted by Crippen LogP contribution is 2.34. The van der Waals surface area contributed by atoms with Crippen LogP contribution in [0.3, 0.4) is 0 Å². The fourth-order valence-electron chi connectivity index (χ4n) is 2.77. The van der Waals surface area contributed by atoms with Gasteiger partial charge in [-0.3, -0.25) is 4.90 Å². The molecule has 1 atom stereocenters. The zero-order valence-corrected chi connectivity index (χ0v) is 13.1. The molecule has 19 heavy (non-hydrogen) atoms. The number of nitrogens with zero attached hydrogens (tertiary/aromatic N) is 2. The Bertz CT molecular complexity index is 425. The van der Waals surface area contributed by atoms with Crippen molar-refractivity contribution in [3.8, 4) is 0 Å². The molecule has 1 aliphatic carbocycles. The Hall–Kier alpha value is -0.450. The van der Waals surface area contributed by atoms with E-state index in [0.717, 1.165) is 25.2 Å². The van der Waals surface area contributed by atoms with Crippen LogP contribution in [0.5, 0.6) is 0 Å². The Labute approximate surface area is 120 Å². The molecule has 4 heteroatoms. The van der Waals surface area contributed by atoms with E-state index in [1.54, 1.807) is 0 Å². The Morgan fingerprint density at radius 2 is 2.11 bits per heavy atom. The number of hydrogen-bond acceptors (Lipinski definition) is 4. The van der Waals surface area contributed by atoms with Gasteiger partial charge in [-0.15, -0.1) is 11.3 Å². The van der Waals surface area contributed by atoms with Crippen molar-refractivity contribution in [1.82, 2.24) is 15.2 Å². The van der Waals surface area contributed by atoms with Crippen molar-refractivity contribution in [2.24, 2.45) is 0 Å². The first-order valence-corrected chi connectivity index (χ1v) is 8.27. The third-order valence-corrected chi connectivity index (χ3v) is 5.54. The zero-order chi connectivity index (χ0) is 13.5. The average Bonchev–Trinajstić information content (AvgIpc) is 2.87. The van der Waals surface area contributed by atoms with E-state index < -0.39 is 0 Å².